The number of likely N-dealkylation sites (N-methyl/N-ethyl adjacent to an activating group) is 1. The van der Waals surface area contributed by atoms with Crippen LogP contribution in [0, 0.1) is 0 Å². The molecule has 0 unspecified atom stereocenters. The van der Waals surface area contributed by atoms with Crippen molar-refractivity contribution >= 4 is 6.09 Å². The van der Waals surface area contributed by atoms with E-state index in [9.17, 15) is 4.79 Å². The zero-order chi connectivity index (χ0) is 8.01. The quantitative estimate of drug-likeness (QED) is 0.539. The van der Waals surface area contributed by atoms with Crippen molar-refractivity contribution in [2.24, 2.45) is 0 Å². The Morgan fingerprint density at radius 1 is 1.45 bits per heavy atom. The Morgan fingerprint density at radius 2 is 2.18 bits per heavy atom. The summed E-state index contributed by atoms with van der Waals surface area (Å²) in [4.78, 5) is 14.4. The minimum atomic E-state index is -0.759. The molecule has 0 spiro atoms. The van der Waals surface area contributed by atoms with Crippen LogP contribution in [0.3, 0.4) is 0 Å². The second kappa shape index (κ2) is 2.11. The van der Waals surface area contributed by atoms with Crippen molar-refractivity contribution in [3.05, 3.63) is 0 Å². The van der Waals surface area contributed by atoms with E-state index < -0.39 is 6.09 Å². The van der Waals surface area contributed by atoms with E-state index >= 15 is 0 Å². The highest BCUT2D eigenvalue weighted by Gasteiger charge is 2.43. The molecule has 1 amide bonds. The first-order valence-corrected chi connectivity index (χ1v) is 3.88. The van der Waals surface area contributed by atoms with Crippen molar-refractivity contribution in [3.63, 3.8) is 0 Å². The molecule has 0 aromatic rings. The van der Waals surface area contributed by atoms with E-state index in [1.807, 2.05) is 0 Å². The Morgan fingerprint density at radius 3 is 2.55 bits per heavy atom. The zero-order valence-electron chi connectivity index (χ0n) is 6.53. The molecule has 2 atom stereocenters. The normalized spacial score (nSPS) is 36.6. The number of carbonyl (C=O) groups is 1. The van der Waals surface area contributed by atoms with Crippen LogP contribution in [0.2, 0.25) is 0 Å². The molecular formula is C7H12N2O2. The van der Waals surface area contributed by atoms with Crippen LogP contribution < -0.4 is 0 Å². The van der Waals surface area contributed by atoms with E-state index in [1.54, 1.807) is 4.90 Å². The molecule has 2 bridgehead atoms. The molecule has 0 radical (unpaired) electrons. The molecule has 11 heavy (non-hydrogen) atoms. The van der Waals surface area contributed by atoms with E-state index in [4.69, 9.17) is 5.11 Å². The van der Waals surface area contributed by atoms with Crippen LogP contribution in [-0.4, -0.2) is 53.2 Å². The Bertz CT molecular complexity index is 193. The van der Waals surface area contributed by atoms with Crippen LogP contribution in [0.4, 0.5) is 4.79 Å². The maximum Gasteiger partial charge on any atom is 0.407 e. The fourth-order valence-corrected chi connectivity index (χ4v) is 2.10. The summed E-state index contributed by atoms with van der Waals surface area (Å²) in [5, 5.41) is 8.73. The highest BCUT2D eigenvalue weighted by Crippen LogP contribution is 2.28. The highest BCUT2D eigenvalue weighted by molar-refractivity contribution is 5.66. The molecule has 2 rings (SSSR count). The van der Waals surface area contributed by atoms with Gasteiger partial charge in [0.25, 0.3) is 0 Å². The molecule has 2 fully saturated rings. The van der Waals surface area contributed by atoms with Gasteiger partial charge in [0, 0.05) is 25.2 Å². The van der Waals surface area contributed by atoms with Gasteiger partial charge in [-0.3, -0.25) is 4.90 Å². The molecule has 2 aliphatic rings. The van der Waals surface area contributed by atoms with Crippen molar-refractivity contribution < 1.29 is 9.90 Å². The SMILES string of the molecule is CN1C[C@@H]2C[C@H]1CN2C(=O)O. The maximum absolute atomic E-state index is 10.6. The number of nitrogens with zero attached hydrogens (tertiary/aromatic N) is 2. The first kappa shape index (κ1) is 6.91. The van der Waals surface area contributed by atoms with Gasteiger partial charge in [0.05, 0.1) is 0 Å². The number of hydrogen-bond donors (Lipinski definition) is 1. The van der Waals surface area contributed by atoms with E-state index in [0.29, 0.717) is 12.6 Å². The summed E-state index contributed by atoms with van der Waals surface area (Å²) in [6, 6.07) is 0.749. The Hall–Kier alpha value is -0.770. The third kappa shape index (κ3) is 0.894. The molecule has 2 heterocycles. The van der Waals surface area contributed by atoms with Crippen molar-refractivity contribution in [1.29, 1.82) is 0 Å². The van der Waals surface area contributed by atoms with Gasteiger partial charge >= 0.3 is 6.09 Å². The monoisotopic (exact) mass is 156 g/mol. The minimum absolute atomic E-state index is 0.266. The van der Waals surface area contributed by atoms with Gasteiger partial charge in [-0.05, 0) is 13.5 Å². The third-order valence-electron chi connectivity index (χ3n) is 2.76. The van der Waals surface area contributed by atoms with Gasteiger partial charge in [0.2, 0.25) is 0 Å². The van der Waals surface area contributed by atoms with Crippen molar-refractivity contribution in [2.45, 2.75) is 18.5 Å². The maximum atomic E-state index is 10.6. The van der Waals surface area contributed by atoms with Gasteiger partial charge in [-0.2, -0.15) is 0 Å². The van der Waals surface area contributed by atoms with Crippen LogP contribution >= 0.6 is 0 Å². The second-order valence-electron chi connectivity index (χ2n) is 3.42. The summed E-state index contributed by atoms with van der Waals surface area (Å²) >= 11 is 0. The van der Waals surface area contributed by atoms with Gasteiger partial charge in [0.1, 0.15) is 0 Å². The summed E-state index contributed by atoms with van der Waals surface area (Å²) < 4.78 is 0. The molecule has 1 N–H and O–H groups in total. The zero-order valence-corrected chi connectivity index (χ0v) is 6.53. The molecule has 0 aliphatic carbocycles. The summed E-state index contributed by atoms with van der Waals surface area (Å²) in [5.41, 5.74) is 0. The standard InChI is InChI=1S/C7H12N2O2/c1-8-3-6-2-5(8)4-9(6)7(10)11/h5-6H,2-4H2,1H3,(H,10,11)/t5-,6-/m0/s1. The number of piperazine rings is 1. The topological polar surface area (TPSA) is 43.8 Å². The average molecular weight is 156 g/mol. The molecule has 2 aliphatic heterocycles. The molecule has 2 saturated heterocycles. The number of hydrogen-bond acceptors (Lipinski definition) is 2. The minimum Gasteiger partial charge on any atom is -0.465 e. The lowest BCUT2D eigenvalue weighted by molar-refractivity contribution is 0.112. The summed E-state index contributed by atoms with van der Waals surface area (Å²) in [6.07, 6.45) is 0.272. The molecular weight excluding hydrogens is 144 g/mol. The number of likely N-dealkylation sites (tertiary alicyclic amines) is 2. The number of amides is 1. The second-order valence-corrected chi connectivity index (χ2v) is 3.42. The lowest BCUT2D eigenvalue weighted by Crippen LogP contribution is -2.46. The Labute approximate surface area is 65.4 Å². The number of carboxylic acid groups (broad SMARTS) is 1. The van der Waals surface area contributed by atoms with E-state index in [-0.39, 0.29) is 6.04 Å². The van der Waals surface area contributed by atoms with Gasteiger partial charge in [-0.1, -0.05) is 0 Å². The van der Waals surface area contributed by atoms with E-state index in [2.05, 4.69) is 11.9 Å². The van der Waals surface area contributed by atoms with Crippen molar-refractivity contribution in [1.82, 2.24) is 9.80 Å². The third-order valence-corrected chi connectivity index (χ3v) is 2.76. The van der Waals surface area contributed by atoms with E-state index in [1.165, 1.54) is 0 Å². The number of rotatable bonds is 0. The van der Waals surface area contributed by atoms with Crippen LogP contribution in [0.1, 0.15) is 6.42 Å². The lowest BCUT2D eigenvalue weighted by atomic mass is 10.2. The Balaban J connectivity index is 2.08. The van der Waals surface area contributed by atoms with Gasteiger partial charge in [-0.15, -0.1) is 0 Å². The number of fused-ring (bicyclic) bond motifs is 2. The van der Waals surface area contributed by atoms with Gasteiger partial charge in [0.15, 0.2) is 0 Å². The van der Waals surface area contributed by atoms with E-state index in [0.717, 1.165) is 13.0 Å². The highest BCUT2D eigenvalue weighted by atomic mass is 16.4. The fraction of sp³-hybridized carbons (Fsp3) is 0.857. The van der Waals surface area contributed by atoms with Crippen LogP contribution in [0.15, 0.2) is 0 Å². The van der Waals surface area contributed by atoms with Crippen LogP contribution in [0.25, 0.3) is 0 Å². The molecule has 4 heteroatoms. The fourth-order valence-electron chi connectivity index (χ4n) is 2.10. The van der Waals surface area contributed by atoms with Crippen molar-refractivity contribution in [3.8, 4) is 0 Å². The average Bonchev–Trinajstić information content (AvgIpc) is 2.43. The summed E-state index contributed by atoms with van der Waals surface area (Å²) in [5.74, 6) is 0. The predicted octanol–water partition coefficient (Wildman–Crippen LogP) is 0.0527. The summed E-state index contributed by atoms with van der Waals surface area (Å²) in [6.45, 7) is 1.62. The molecule has 62 valence electrons. The van der Waals surface area contributed by atoms with Gasteiger partial charge in [-0.25, -0.2) is 4.79 Å². The Kier molecular flexibility index (Phi) is 1.32. The predicted molar refractivity (Wildman–Crippen MR) is 39.6 cm³/mol. The molecule has 0 saturated carbocycles. The van der Waals surface area contributed by atoms with Gasteiger partial charge < -0.3 is 10.0 Å². The summed E-state index contributed by atoms with van der Waals surface area (Å²) in [7, 11) is 2.06. The van der Waals surface area contributed by atoms with Crippen LogP contribution in [-0.2, 0) is 0 Å². The van der Waals surface area contributed by atoms with Crippen LogP contribution in [0.5, 0.6) is 0 Å². The largest absolute Gasteiger partial charge is 0.465 e. The molecule has 4 nitrogen and oxygen atoms in total. The molecule has 0 aromatic heterocycles. The first-order valence-electron chi connectivity index (χ1n) is 3.88. The molecule has 0 aromatic carbocycles. The smallest absolute Gasteiger partial charge is 0.407 e. The first-order chi connectivity index (χ1) is 5.18. The van der Waals surface area contributed by atoms with Crippen molar-refractivity contribution in [2.75, 3.05) is 20.1 Å². The lowest BCUT2D eigenvalue weighted by Gasteiger charge is -2.29.